The number of benzene rings is 1. The maximum absolute atomic E-state index is 11.8. The van der Waals surface area contributed by atoms with Crippen molar-refractivity contribution in [3.63, 3.8) is 0 Å². The summed E-state index contributed by atoms with van der Waals surface area (Å²) in [6.45, 7) is 0.0468. The number of ether oxygens (including phenoxy) is 4. The van der Waals surface area contributed by atoms with Crippen LogP contribution < -0.4 is 9.47 Å². The third-order valence-electron chi connectivity index (χ3n) is 3.81. The summed E-state index contributed by atoms with van der Waals surface area (Å²) in [6, 6.07) is 3.04. The summed E-state index contributed by atoms with van der Waals surface area (Å²) in [7, 11) is 2.79. The number of phenolic OH excluding ortho intramolecular Hbond substituents is 1. The number of hydrogen-bond donors (Lipinski definition) is 1. The predicted octanol–water partition coefficient (Wildman–Crippen LogP) is 0.796. The van der Waals surface area contributed by atoms with Crippen molar-refractivity contribution in [1.82, 2.24) is 0 Å². The van der Waals surface area contributed by atoms with Crippen LogP contribution in [-0.2, 0) is 19.1 Å². The second-order valence-corrected chi connectivity index (χ2v) is 4.89. The number of fused-ring (bicyclic) bond motifs is 1. The molecule has 7 heteroatoms. The maximum Gasteiger partial charge on any atom is 0.314 e. The van der Waals surface area contributed by atoms with Gasteiger partial charge in [-0.25, -0.2) is 0 Å². The van der Waals surface area contributed by atoms with Crippen molar-refractivity contribution in [2.75, 3.05) is 20.8 Å². The Kier molecular flexibility index (Phi) is 3.12. The van der Waals surface area contributed by atoms with E-state index < -0.39 is 29.9 Å². The summed E-state index contributed by atoms with van der Waals surface area (Å²) < 4.78 is 20.4. The molecule has 1 aromatic rings. The highest BCUT2D eigenvalue weighted by molar-refractivity contribution is 5.88. The number of esters is 2. The molecule has 2 heterocycles. The standard InChI is InChI=1S/C14H14O7/c1-18-8-3-6(4-9(19-2)11(8)15)12-10-7(13(16)21-12)5-20-14(10)17/h3-4,7,10,12,15H,5H2,1-2H3. The van der Waals surface area contributed by atoms with Crippen molar-refractivity contribution in [2.24, 2.45) is 11.8 Å². The average molecular weight is 294 g/mol. The van der Waals surface area contributed by atoms with Crippen molar-refractivity contribution in [3.05, 3.63) is 17.7 Å². The van der Waals surface area contributed by atoms with Gasteiger partial charge in [-0.2, -0.15) is 0 Å². The lowest BCUT2D eigenvalue weighted by Gasteiger charge is -2.17. The molecule has 2 saturated heterocycles. The third-order valence-corrected chi connectivity index (χ3v) is 3.81. The highest BCUT2D eigenvalue weighted by Crippen LogP contribution is 2.47. The Morgan fingerprint density at radius 3 is 2.33 bits per heavy atom. The number of cyclic esters (lactones) is 2. The summed E-state index contributed by atoms with van der Waals surface area (Å²) in [5, 5.41) is 9.90. The van der Waals surface area contributed by atoms with E-state index in [-0.39, 0.29) is 23.9 Å². The molecule has 21 heavy (non-hydrogen) atoms. The zero-order chi connectivity index (χ0) is 15.1. The van der Waals surface area contributed by atoms with Crippen LogP contribution in [0.15, 0.2) is 12.1 Å². The van der Waals surface area contributed by atoms with Gasteiger partial charge in [-0.3, -0.25) is 9.59 Å². The Morgan fingerprint density at radius 2 is 1.76 bits per heavy atom. The van der Waals surface area contributed by atoms with Gasteiger partial charge < -0.3 is 24.1 Å². The van der Waals surface area contributed by atoms with Crippen LogP contribution in [-0.4, -0.2) is 37.9 Å². The molecule has 2 aliphatic heterocycles. The number of methoxy groups -OCH3 is 2. The van der Waals surface area contributed by atoms with Crippen molar-refractivity contribution < 1.29 is 33.6 Å². The molecule has 0 saturated carbocycles. The van der Waals surface area contributed by atoms with E-state index >= 15 is 0 Å². The van der Waals surface area contributed by atoms with Gasteiger partial charge in [0.25, 0.3) is 0 Å². The summed E-state index contributed by atoms with van der Waals surface area (Å²) in [5.41, 5.74) is 0.515. The first-order valence-corrected chi connectivity index (χ1v) is 6.38. The lowest BCUT2D eigenvalue weighted by Crippen LogP contribution is -2.18. The molecule has 0 amide bonds. The van der Waals surface area contributed by atoms with Gasteiger partial charge in [-0.1, -0.05) is 0 Å². The molecule has 3 atom stereocenters. The number of carbonyl (C=O) groups excluding carboxylic acids is 2. The first-order valence-electron chi connectivity index (χ1n) is 6.38. The van der Waals surface area contributed by atoms with Gasteiger partial charge in [-0.15, -0.1) is 0 Å². The number of carbonyl (C=O) groups is 2. The van der Waals surface area contributed by atoms with E-state index in [1.165, 1.54) is 26.4 Å². The molecule has 0 spiro atoms. The van der Waals surface area contributed by atoms with Crippen LogP contribution >= 0.6 is 0 Å². The molecule has 1 N–H and O–H groups in total. The van der Waals surface area contributed by atoms with Crippen LogP contribution in [0.5, 0.6) is 17.2 Å². The van der Waals surface area contributed by atoms with Gasteiger partial charge in [0.15, 0.2) is 11.5 Å². The lowest BCUT2D eigenvalue weighted by molar-refractivity contribution is -0.150. The average Bonchev–Trinajstić information content (AvgIpc) is 3.01. The minimum absolute atomic E-state index is 0.0468. The van der Waals surface area contributed by atoms with Crippen molar-refractivity contribution in [2.45, 2.75) is 6.10 Å². The molecule has 2 aliphatic rings. The van der Waals surface area contributed by atoms with Gasteiger partial charge in [-0.05, 0) is 12.1 Å². The first kappa shape index (κ1) is 13.5. The van der Waals surface area contributed by atoms with Gasteiger partial charge in [0.2, 0.25) is 5.75 Å². The molecular weight excluding hydrogens is 280 g/mol. The fourth-order valence-electron chi connectivity index (χ4n) is 2.72. The van der Waals surface area contributed by atoms with Gasteiger partial charge >= 0.3 is 11.9 Å². The van der Waals surface area contributed by atoms with Crippen LogP contribution in [0.25, 0.3) is 0 Å². The predicted molar refractivity (Wildman–Crippen MR) is 68.0 cm³/mol. The fourth-order valence-corrected chi connectivity index (χ4v) is 2.72. The second kappa shape index (κ2) is 4.83. The summed E-state index contributed by atoms with van der Waals surface area (Å²) in [4.78, 5) is 23.6. The van der Waals surface area contributed by atoms with Gasteiger partial charge in [0, 0.05) is 5.56 Å². The van der Waals surface area contributed by atoms with E-state index in [1.807, 2.05) is 0 Å². The summed E-state index contributed by atoms with van der Waals surface area (Å²) in [6.07, 6.45) is -0.763. The van der Waals surface area contributed by atoms with Crippen molar-refractivity contribution in [1.29, 1.82) is 0 Å². The van der Waals surface area contributed by atoms with Crippen LogP contribution in [0.1, 0.15) is 11.7 Å². The Labute approximate surface area is 120 Å². The molecule has 0 radical (unpaired) electrons. The van der Waals surface area contributed by atoms with E-state index in [9.17, 15) is 14.7 Å². The Balaban J connectivity index is 2.04. The van der Waals surface area contributed by atoms with Crippen LogP contribution in [0, 0.1) is 11.8 Å². The molecule has 0 aromatic heterocycles. The van der Waals surface area contributed by atoms with E-state index in [1.54, 1.807) is 0 Å². The molecule has 3 rings (SSSR count). The summed E-state index contributed by atoms with van der Waals surface area (Å²) in [5.74, 6) is -1.96. The molecule has 112 valence electrons. The van der Waals surface area contributed by atoms with Gasteiger partial charge in [0.1, 0.15) is 24.5 Å². The lowest BCUT2D eigenvalue weighted by atomic mass is 9.89. The highest BCUT2D eigenvalue weighted by Gasteiger charge is 2.55. The number of hydrogen-bond acceptors (Lipinski definition) is 7. The quantitative estimate of drug-likeness (QED) is 0.824. The molecule has 2 fully saturated rings. The maximum atomic E-state index is 11.8. The van der Waals surface area contributed by atoms with Crippen molar-refractivity contribution >= 4 is 11.9 Å². The Bertz CT molecular complexity index is 582. The number of rotatable bonds is 3. The van der Waals surface area contributed by atoms with E-state index in [4.69, 9.17) is 18.9 Å². The molecule has 0 aliphatic carbocycles. The Morgan fingerprint density at radius 1 is 1.14 bits per heavy atom. The molecule has 7 nitrogen and oxygen atoms in total. The van der Waals surface area contributed by atoms with Crippen LogP contribution in [0.2, 0.25) is 0 Å². The topological polar surface area (TPSA) is 91.3 Å². The summed E-state index contributed by atoms with van der Waals surface area (Å²) >= 11 is 0. The van der Waals surface area contributed by atoms with Crippen LogP contribution in [0.4, 0.5) is 0 Å². The first-order chi connectivity index (χ1) is 10.1. The minimum atomic E-state index is -0.763. The van der Waals surface area contributed by atoms with Crippen molar-refractivity contribution in [3.8, 4) is 17.2 Å². The smallest absolute Gasteiger partial charge is 0.314 e. The third kappa shape index (κ3) is 1.96. The van der Waals surface area contributed by atoms with Gasteiger partial charge in [0.05, 0.1) is 14.2 Å². The number of phenols is 1. The van der Waals surface area contributed by atoms with Crippen LogP contribution in [0.3, 0.4) is 0 Å². The van der Waals surface area contributed by atoms with E-state index in [0.29, 0.717) is 5.56 Å². The van der Waals surface area contributed by atoms with E-state index in [2.05, 4.69) is 0 Å². The van der Waals surface area contributed by atoms with E-state index in [0.717, 1.165) is 0 Å². The molecule has 0 bridgehead atoms. The SMILES string of the molecule is COc1cc(C2OC(=O)C3COC(=O)C32)cc(OC)c1O. The molecular formula is C14H14O7. The highest BCUT2D eigenvalue weighted by atomic mass is 16.6. The normalized spacial score (nSPS) is 27.0. The monoisotopic (exact) mass is 294 g/mol. The number of aromatic hydroxyl groups is 1. The molecule has 3 unspecified atom stereocenters. The zero-order valence-electron chi connectivity index (χ0n) is 11.5. The Hall–Kier alpha value is -2.44. The minimum Gasteiger partial charge on any atom is -0.502 e. The zero-order valence-corrected chi connectivity index (χ0v) is 11.5. The largest absolute Gasteiger partial charge is 0.502 e. The fraction of sp³-hybridized carbons (Fsp3) is 0.429. The second-order valence-electron chi connectivity index (χ2n) is 4.89. The molecule has 1 aromatic carbocycles.